The van der Waals surface area contributed by atoms with Gasteiger partial charge in [-0.3, -0.25) is 0 Å². The van der Waals surface area contributed by atoms with E-state index in [1.807, 2.05) is 0 Å². The number of hydrogen-bond acceptors (Lipinski definition) is 4. The van der Waals surface area contributed by atoms with E-state index < -0.39 is 24.9 Å². The van der Waals surface area contributed by atoms with Crippen LogP contribution < -0.4 is 4.72 Å². The predicted molar refractivity (Wildman–Crippen MR) is 63.6 cm³/mol. The van der Waals surface area contributed by atoms with E-state index in [2.05, 4.69) is 4.72 Å². The van der Waals surface area contributed by atoms with E-state index in [0.717, 1.165) is 25.5 Å². The monoisotopic (exact) mass is 289 g/mol. The van der Waals surface area contributed by atoms with Gasteiger partial charge in [0, 0.05) is 18.2 Å². The molecule has 1 rings (SSSR count). The molecule has 5 nitrogen and oxygen atoms in total. The minimum Gasteiger partial charge on any atom is -0.228 e. The SMILES string of the molecule is CS(=O)(=O)CS(=O)(=O)NC1CCCC1CCl. The van der Waals surface area contributed by atoms with Gasteiger partial charge in [0.15, 0.2) is 14.9 Å². The zero-order valence-corrected chi connectivity index (χ0v) is 11.4. The summed E-state index contributed by atoms with van der Waals surface area (Å²) in [7, 11) is -7.29. The van der Waals surface area contributed by atoms with E-state index in [0.29, 0.717) is 5.88 Å². The highest BCUT2D eigenvalue weighted by Gasteiger charge is 2.31. The molecule has 1 saturated carbocycles. The lowest BCUT2D eigenvalue weighted by molar-refractivity contribution is 0.482. The van der Waals surface area contributed by atoms with E-state index in [-0.39, 0.29) is 12.0 Å². The van der Waals surface area contributed by atoms with Gasteiger partial charge in [-0.25, -0.2) is 21.6 Å². The molecular weight excluding hydrogens is 274 g/mol. The lowest BCUT2D eigenvalue weighted by atomic mass is 10.1. The van der Waals surface area contributed by atoms with E-state index in [4.69, 9.17) is 11.6 Å². The zero-order chi connectivity index (χ0) is 12.4. The van der Waals surface area contributed by atoms with Crippen LogP contribution in [0.4, 0.5) is 0 Å². The molecule has 0 bridgehead atoms. The minimum atomic E-state index is -3.76. The molecule has 1 N–H and O–H groups in total. The molecule has 16 heavy (non-hydrogen) atoms. The van der Waals surface area contributed by atoms with Crippen LogP contribution >= 0.6 is 11.6 Å². The molecule has 0 radical (unpaired) electrons. The molecule has 1 aliphatic rings. The average Bonchev–Trinajstić information content (AvgIpc) is 2.45. The van der Waals surface area contributed by atoms with Crippen LogP contribution in [0.15, 0.2) is 0 Å². The molecular formula is C8H16ClNO4S2. The van der Waals surface area contributed by atoms with E-state index >= 15 is 0 Å². The molecule has 96 valence electrons. The second-order valence-electron chi connectivity index (χ2n) is 4.23. The fraction of sp³-hybridized carbons (Fsp3) is 1.00. The van der Waals surface area contributed by atoms with Crippen molar-refractivity contribution in [2.24, 2.45) is 5.92 Å². The first-order valence-electron chi connectivity index (χ1n) is 4.97. The van der Waals surface area contributed by atoms with Crippen LogP contribution in [0, 0.1) is 5.92 Å². The fourth-order valence-corrected chi connectivity index (χ4v) is 5.59. The van der Waals surface area contributed by atoms with Gasteiger partial charge in [-0.2, -0.15) is 0 Å². The maximum absolute atomic E-state index is 11.5. The lowest BCUT2D eigenvalue weighted by Crippen LogP contribution is -2.40. The summed E-state index contributed by atoms with van der Waals surface area (Å²) in [5.41, 5.74) is 0. The van der Waals surface area contributed by atoms with Gasteiger partial charge in [0.25, 0.3) is 0 Å². The molecule has 0 spiro atoms. The lowest BCUT2D eigenvalue weighted by Gasteiger charge is -2.18. The van der Waals surface area contributed by atoms with Crippen LogP contribution in [0.5, 0.6) is 0 Å². The Balaban J connectivity index is 2.66. The number of halogens is 1. The Morgan fingerprint density at radius 1 is 1.25 bits per heavy atom. The number of sulfonamides is 1. The third kappa shape index (κ3) is 4.57. The van der Waals surface area contributed by atoms with E-state index in [1.165, 1.54) is 0 Å². The highest BCUT2D eigenvalue weighted by Crippen LogP contribution is 2.27. The number of sulfone groups is 1. The summed E-state index contributed by atoms with van der Waals surface area (Å²) in [5, 5.41) is -0.856. The second kappa shape index (κ2) is 5.20. The van der Waals surface area contributed by atoms with Crippen molar-refractivity contribution in [3.63, 3.8) is 0 Å². The molecule has 0 heterocycles. The first-order valence-corrected chi connectivity index (χ1v) is 9.22. The van der Waals surface area contributed by atoms with Crippen molar-refractivity contribution in [3.05, 3.63) is 0 Å². The van der Waals surface area contributed by atoms with Crippen molar-refractivity contribution in [3.8, 4) is 0 Å². The number of hydrogen-bond donors (Lipinski definition) is 1. The van der Waals surface area contributed by atoms with Crippen molar-refractivity contribution >= 4 is 31.5 Å². The third-order valence-corrected chi connectivity index (χ3v) is 6.57. The van der Waals surface area contributed by atoms with Crippen molar-refractivity contribution in [1.29, 1.82) is 0 Å². The molecule has 0 aromatic rings. The standard InChI is InChI=1S/C8H16ClNO4S2/c1-15(11,12)6-16(13,14)10-8-4-2-3-7(8)5-9/h7-8,10H,2-6H2,1H3. The molecule has 2 unspecified atom stereocenters. The summed E-state index contributed by atoms with van der Waals surface area (Å²) in [6, 6.07) is -0.218. The Labute approximate surface area is 102 Å². The smallest absolute Gasteiger partial charge is 0.226 e. The summed E-state index contributed by atoms with van der Waals surface area (Å²) in [4.78, 5) is 0. The third-order valence-electron chi connectivity index (χ3n) is 2.56. The van der Waals surface area contributed by atoms with Crippen LogP contribution in [-0.2, 0) is 19.9 Å². The van der Waals surface area contributed by atoms with Gasteiger partial charge in [0.1, 0.15) is 0 Å². The number of rotatable bonds is 5. The molecule has 8 heteroatoms. The first kappa shape index (κ1) is 14.2. The van der Waals surface area contributed by atoms with Gasteiger partial charge in [0.2, 0.25) is 10.0 Å². The Morgan fingerprint density at radius 2 is 1.88 bits per heavy atom. The number of alkyl halides is 1. The second-order valence-corrected chi connectivity index (χ2v) is 8.80. The van der Waals surface area contributed by atoms with Crippen LogP contribution in [0.3, 0.4) is 0 Å². The molecule has 2 atom stereocenters. The van der Waals surface area contributed by atoms with Gasteiger partial charge in [-0.1, -0.05) is 6.42 Å². The molecule has 0 aliphatic heterocycles. The van der Waals surface area contributed by atoms with Crippen LogP contribution in [0.25, 0.3) is 0 Å². The van der Waals surface area contributed by atoms with Gasteiger partial charge in [-0.05, 0) is 18.8 Å². The summed E-state index contributed by atoms with van der Waals surface area (Å²) in [6.07, 6.45) is 3.43. The van der Waals surface area contributed by atoms with Gasteiger partial charge < -0.3 is 0 Å². The van der Waals surface area contributed by atoms with E-state index in [9.17, 15) is 16.8 Å². The minimum absolute atomic E-state index is 0.107. The van der Waals surface area contributed by atoms with Crippen LogP contribution in [0.1, 0.15) is 19.3 Å². The van der Waals surface area contributed by atoms with Crippen molar-refractivity contribution in [2.75, 3.05) is 17.2 Å². The summed E-state index contributed by atoms with van der Waals surface area (Å²) in [5.74, 6) is 0.502. The molecule has 0 aromatic heterocycles. The van der Waals surface area contributed by atoms with Crippen molar-refractivity contribution in [1.82, 2.24) is 4.72 Å². The normalized spacial score (nSPS) is 27.1. The van der Waals surface area contributed by atoms with Gasteiger partial charge in [-0.15, -0.1) is 11.6 Å². The van der Waals surface area contributed by atoms with E-state index in [1.54, 1.807) is 0 Å². The van der Waals surface area contributed by atoms with Crippen LogP contribution in [-0.4, -0.2) is 40.1 Å². The zero-order valence-electron chi connectivity index (χ0n) is 9.02. The fourth-order valence-electron chi connectivity index (χ4n) is 1.92. The highest BCUT2D eigenvalue weighted by molar-refractivity contribution is 8.06. The number of nitrogens with one attached hydrogen (secondary N) is 1. The van der Waals surface area contributed by atoms with Gasteiger partial charge in [0.05, 0.1) is 0 Å². The summed E-state index contributed by atoms with van der Waals surface area (Å²) < 4.78 is 47.3. The average molecular weight is 290 g/mol. The predicted octanol–water partition coefficient (Wildman–Crippen LogP) is 0.315. The molecule has 0 amide bonds. The van der Waals surface area contributed by atoms with Gasteiger partial charge >= 0.3 is 0 Å². The summed E-state index contributed by atoms with van der Waals surface area (Å²) >= 11 is 5.71. The van der Waals surface area contributed by atoms with Crippen LogP contribution in [0.2, 0.25) is 0 Å². The molecule has 1 aliphatic carbocycles. The Morgan fingerprint density at radius 3 is 2.38 bits per heavy atom. The molecule has 0 saturated heterocycles. The highest BCUT2D eigenvalue weighted by atomic mass is 35.5. The maximum Gasteiger partial charge on any atom is 0.226 e. The quantitative estimate of drug-likeness (QED) is 0.739. The Bertz CT molecular complexity index is 431. The topological polar surface area (TPSA) is 80.3 Å². The first-order chi connectivity index (χ1) is 7.23. The Hall–Kier alpha value is 0.150. The Kier molecular flexibility index (Phi) is 4.62. The maximum atomic E-state index is 11.5. The van der Waals surface area contributed by atoms with Crippen molar-refractivity contribution in [2.45, 2.75) is 25.3 Å². The molecule has 0 aromatic carbocycles. The summed E-state index contributed by atoms with van der Waals surface area (Å²) in [6.45, 7) is 0. The van der Waals surface area contributed by atoms with Crippen molar-refractivity contribution < 1.29 is 16.8 Å². The largest absolute Gasteiger partial charge is 0.228 e. The molecule has 1 fully saturated rings.